The number of hydrogen-bond acceptors (Lipinski definition) is 1. The van der Waals surface area contributed by atoms with Crippen molar-refractivity contribution in [3.63, 3.8) is 0 Å². The Labute approximate surface area is 92.7 Å². The van der Waals surface area contributed by atoms with Crippen molar-refractivity contribution in [1.29, 1.82) is 0 Å². The molecule has 0 saturated heterocycles. The molecule has 1 amide bonds. The zero-order valence-electron chi connectivity index (χ0n) is 10.1. The van der Waals surface area contributed by atoms with E-state index in [4.69, 9.17) is 0 Å². The van der Waals surface area contributed by atoms with Gasteiger partial charge in [0.2, 0.25) is 0 Å². The predicted octanol–water partition coefficient (Wildman–Crippen LogP) is 3.02. The van der Waals surface area contributed by atoms with Gasteiger partial charge in [0, 0.05) is 12.6 Å². The molecule has 0 fully saturated rings. The van der Waals surface area contributed by atoms with E-state index in [1.54, 1.807) is 7.05 Å². The second-order valence-corrected chi connectivity index (χ2v) is 3.03. The molecule has 0 aromatic heterocycles. The third kappa shape index (κ3) is 4.63. The van der Waals surface area contributed by atoms with Crippen molar-refractivity contribution in [2.75, 3.05) is 7.05 Å². The minimum atomic E-state index is -0.0250. The van der Waals surface area contributed by atoms with Crippen LogP contribution in [0.2, 0.25) is 0 Å². The topological polar surface area (TPSA) is 29.1 Å². The summed E-state index contributed by atoms with van der Waals surface area (Å²) in [6.45, 7) is 6.15. The minimum Gasteiger partial charge on any atom is -0.355 e. The van der Waals surface area contributed by atoms with Crippen LogP contribution in [0.25, 0.3) is 0 Å². The van der Waals surface area contributed by atoms with Gasteiger partial charge in [-0.1, -0.05) is 39.3 Å². The molecule has 0 aliphatic carbocycles. The van der Waals surface area contributed by atoms with Gasteiger partial charge in [0.05, 0.1) is 0 Å². The van der Waals surface area contributed by atoms with Gasteiger partial charge < -0.3 is 5.32 Å². The van der Waals surface area contributed by atoms with Crippen LogP contribution in [0.4, 0.5) is 0 Å². The number of rotatable bonds is 3. The molecule has 1 rings (SSSR count). The number of carbonyl (C=O) groups excluding carboxylic acids is 1. The lowest BCUT2D eigenvalue weighted by atomic mass is 10.1. The van der Waals surface area contributed by atoms with E-state index in [-0.39, 0.29) is 5.91 Å². The Hall–Kier alpha value is -1.31. The molecule has 0 heterocycles. The first-order valence-electron chi connectivity index (χ1n) is 5.59. The van der Waals surface area contributed by atoms with Crippen LogP contribution >= 0.6 is 0 Å². The van der Waals surface area contributed by atoms with E-state index in [1.165, 1.54) is 5.56 Å². The van der Waals surface area contributed by atoms with Gasteiger partial charge in [0.1, 0.15) is 0 Å². The second-order valence-electron chi connectivity index (χ2n) is 3.03. The molecular weight excluding hydrogens is 186 g/mol. The lowest BCUT2D eigenvalue weighted by Gasteiger charge is -2.01. The van der Waals surface area contributed by atoms with Gasteiger partial charge in [-0.3, -0.25) is 4.79 Å². The highest BCUT2D eigenvalue weighted by molar-refractivity contribution is 5.93. The van der Waals surface area contributed by atoms with Gasteiger partial charge in [-0.2, -0.15) is 0 Å². The summed E-state index contributed by atoms with van der Waals surface area (Å²) in [4.78, 5) is 11.2. The lowest BCUT2D eigenvalue weighted by Crippen LogP contribution is -2.17. The van der Waals surface area contributed by atoms with E-state index in [2.05, 4.69) is 12.2 Å². The molecule has 0 saturated carbocycles. The van der Waals surface area contributed by atoms with Crippen molar-refractivity contribution in [1.82, 2.24) is 5.32 Å². The molecule has 0 aliphatic heterocycles. The summed E-state index contributed by atoms with van der Waals surface area (Å²) < 4.78 is 0. The lowest BCUT2D eigenvalue weighted by molar-refractivity contribution is 0.0963. The number of hydrogen-bond donors (Lipinski definition) is 1. The van der Waals surface area contributed by atoms with Crippen molar-refractivity contribution < 1.29 is 4.79 Å². The first-order chi connectivity index (χ1) is 7.27. The second kappa shape index (κ2) is 8.04. The van der Waals surface area contributed by atoms with Crippen LogP contribution < -0.4 is 5.32 Å². The Balaban J connectivity index is 0.000000921. The number of nitrogens with one attached hydrogen (secondary N) is 1. The zero-order chi connectivity index (χ0) is 11.7. The SMILES string of the molecule is CC.CCCc1ccc(C(=O)NC)cc1. The first-order valence-corrected chi connectivity index (χ1v) is 5.59. The number of benzene rings is 1. The maximum Gasteiger partial charge on any atom is 0.251 e. The van der Waals surface area contributed by atoms with Crippen LogP contribution in [0.1, 0.15) is 43.1 Å². The molecule has 0 bridgehead atoms. The van der Waals surface area contributed by atoms with Crippen molar-refractivity contribution in [3.05, 3.63) is 35.4 Å². The van der Waals surface area contributed by atoms with E-state index < -0.39 is 0 Å². The standard InChI is InChI=1S/C11H15NO.C2H6/c1-3-4-9-5-7-10(8-6-9)11(13)12-2;1-2/h5-8H,3-4H2,1-2H3,(H,12,13);1-2H3. The quantitative estimate of drug-likeness (QED) is 0.811. The predicted molar refractivity (Wildman–Crippen MR) is 65.2 cm³/mol. The summed E-state index contributed by atoms with van der Waals surface area (Å²) in [5.41, 5.74) is 2.01. The van der Waals surface area contributed by atoms with Gasteiger partial charge in [-0.05, 0) is 24.1 Å². The third-order valence-electron chi connectivity index (χ3n) is 1.98. The summed E-state index contributed by atoms with van der Waals surface area (Å²) >= 11 is 0. The smallest absolute Gasteiger partial charge is 0.251 e. The summed E-state index contributed by atoms with van der Waals surface area (Å²) in [5.74, 6) is -0.0250. The summed E-state index contributed by atoms with van der Waals surface area (Å²) in [7, 11) is 1.64. The monoisotopic (exact) mass is 207 g/mol. The van der Waals surface area contributed by atoms with Gasteiger partial charge >= 0.3 is 0 Å². The molecule has 1 N–H and O–H groups in total. The zero-order valence-corrected chi connectivity index (χ0v) is 10.1. The van der Waals surface area contributed by atoms with Gasteiger partial charge in [0.25, 0.3) is 5.91 Å². The maximum atomic E-state index is 11.2. The van der Waals surface area contributed by atoms with E-state index in [1.807, 2.05) is 38.1 Å². The minimum absolute atomic E-state index is 0.0250. The molecule has 1 aromatic rings. The van der Waals surface area contributed by atoms with Crippen molar-refractivity contribution >= 4 is 5.91 Å². The van der Waals surface area contributed by atoms with E-state index in [9.17, 15) is 4.79 Å². The molecule has 15 heavy (non-hydrogen) atoms. The highest BCUT2D eigenvalue weighted by atomic mass is 16.1. The Kier molecular flexibility index (Phi) is 7.33. The van der Waals surface area contributed by atoms with Crippen molar-refractivity contribution in [2.45, 2.75) is 33.6 Å². The van der Waals surface area contributed by atoms with Crippen molar-refractivity contribution in [2.24, 2.45) is 0 Å². The molecule has 2 nitrogen and oxygen atoms in total. The molecule has 0 atom stereocenters. The normalized spacial score (nSPS) is 8.80. The molecule has 0 spiro atoms. The van der Waals surface area contributed by atoms with Crippen LogP contribution in [0, 0.1) is 0 Å². The van der Waals surface area contributed by atoms with Crippen molar-refractivity contribution in [3.8, 4) is 0 Å². The third-order valence-corrected chi connectivity index (χ3v) is 1.98. The Morgan fingerprint density at radius 2 is 1.73 bits per heavy atom. The molecule has 0 unspecified atom stereocenters. The maximum absolute atomic E-state index is 11.2. The Morgan fingerprint density at radius 3 is 2.13 bits per heavy atom. The van der Waals surface area contributed by atoms with Crippen LogP contribution in [0.15, 0.2) is 24.3 Å². The highest BCUT2D eigenvalue weighted by Gasteiger charge is 2.00. The summed E-state index contributed by atoms with van der Waals surface area (Å²) in [5, 5.41) is 2.59. The fourth-order valence-corrected chi connectivity index (χ4v) is 1.26. The van der Waals surface area contributed by atoms with Crippen LogP contribution in [-0.4, -0.2) is 13.0 Å². The summed E-state index contributed by atoms with van der Waals surface area (Å²) in [6, 6.07) is 7.75. The molecule has 84 valence electrons. The van der Waals surface area contributed by atoms with Gasteiger partial charge in [-0.25, -0.2) is 0 Å². The molecule has 1 aromatic carbocycles. The average molecular weight is 207 g/mol. The number of carbonyl (C=O) groups is 1. The largest absolute Gasteiger partial charge is 0.355 e. The Morgan fingerprint density at radius 1 is 1.20 bits per heavy atom. The highest BCUT2D eigenvalue weighted by Crippen LogP contribution is 2.06. The van der Waals surface area contributed by atoms with Crippen LogP contribution in [0.5, 0.6) is 0 Å². The molecule has 0 radical (unpaired) electrons. The summed E-state index contributed by atoms with van der Waals surface area (Å²) in [6.07, 6.45) is 2.22. The van der Waals surface area contributed by atoms with Crippen LogP contribution in [-0.2, 0) is 6.42 Å². The molecule has 0 aliphatic rings. The fourth-order valence-electron chi connectivity index (χ4n) is 1.26. The molecule has 2 heteroatoms. The van der Waals surface area contributed by atoms with E-state index in [0.717, 1.165) is 18.4 Å². The Bertz CT molecular complexity index is 277. The number of amides is 1. The van der Waals surface area contributed by atoms with E-state index in [0.29, 0.717) is 0 Å². The average Bonchev–Trinajstić information content (AvgIpc) is 2.32. The van der Waals surface area contributed by atoms with E-state index >= 15 is 0 Å². The molecular formula is C13H21NO. The number of aryl methyl sites for hydroxylation is 1. The van der Waals surface area contributed by atoms with Gasteiger partial charge in [0.15, 0.2) is 0 Å². The first kappa shape index (κ1) is 13.7. The van der Waals surface area contributed by atoms with Gasteiger partial charge in [-0.15, -0.1) is 0 Å². The fraction of sp³-hybridized carbons (Fsp3) is 0.462. The van der Waals surface area contributed by atoms with Crippen LogP contribution in [0.3, 0.4) is 0 Å².